The fraction of sp³-hybridized carbons (Fsp3) is 0.167. The van der Waals surface area contributed by atoms with Gasteiger partial charge in [0.05, 0.1) is 19.4 Å². The second kappa shape index (κ2) is 9.02. The van der Waals surface area contributed by atoms with Crippen LogP contribution in [0.1, 0.15) is 23.0 Å². The molecule has 0 spiro atoms. The first-order valence-electron chi connectivity index (χ1n) is 10.0. The van der Waals surface area contributed by atoms with E-state index in [1.165, 1.54) is 23.9 Å². The van der Waals surface area contributed by atoms with Crippen LogP contribution < -0.4 is 9.47 Å². The minimum absolute atomic E-state index is 0.282. The Morgan fingerprint density at radius 1 is 1.12 bits per heavy atom. The molecule has 32 heavy (non-hydrogen) atoms. The van der Waals surface area contributed by atoms with Crippen molar-refractivity contribution in [1.29, 1.82) is 0 Å². The van der Waals surface area contributed by atoms with E-state index in [0.29, 0.717) is 22.2 Å². The van der Waals surface area contributed by atoms with E-state index < -0.39 is 6.29 Å². The van der Waals surface area contributed by atoms with E-state index in [1.54, 1.807) is 13.4 Å². The van der Waals surface area contributed by atoms with Gasteiger partial charge >= 0.3 is 0 Å². The van der Waals surface area contributed by atoms with Gasteiger partial charge in [0.15, 0.2) is 5.16 Å². The smallest absolute Gasteiger partial charge is 0.227 e. The molecule has 0 N–H and O–H groups in total. The third-order valence-electron chi connectivity index (χ3n) is 5.10. The molecule has 1 aliphatic heterocycles. The molecule has 1 atom stereocenters. The number of halogens is 1. The van der Waals surface area contributed by atoms with Gasteiger partial charge < -0.3 is 14.2 Å². The third kappa shape index (κ3) is 4.19. The first-order valence-corrected chi connectivity index (χ1v) is 11.0. The normalized spacial score (nSPS) is 15.1. The number of nitrogens with zero attached hydrogens (tertiary/aromatic N) is 3. The van der Waals surface area contributed by atoms with Crippen LogP contribution in [0.4, 0.5) is 4.39 Å². The van der Waals surface area contributed by atoms with Crippen LogP contribution in [0, 0.1) is 5.82 Å². The first kappa shape index (κ1) is 20.5. The fourth-order valence-corrected chi connectivity index (χ4v) is 4.46. The average molecular weight is 450 g/mol. The van der Waals surface area contributed by atoms with Crippen molar-refractivity contribution in [1.82, 2.24) is 14.8 Å². The van der Waals surface area contributed by atoms with Crippen molar-refractivity contribution in [2.24, 2.45) is 0 Å². The molecule has 162 valence electrons. The molecule has 0 saturated carbocycles. The van der Waals surface area contributed by atoms with Gasteiger partial charge in [-0.3, -0.25) is 4.57 Å². The van der Waals surface area contributed by atoms with E-state index in [4.69, 9.17) is 14.2 Å². The number of thioether (sulfide) groups is 1. The second-order valence-corrected chi connectivity index (χ2v) is 8.14. The maximum atomic E-state index is 14.3. The van der Waals surface area contributed by atoms with Crippen LogP contribution in [-0.2, 0) is 17.1 Å². The zero-order valence-corrected chi connectivity index (χ0v) is 18.1. The minimum Gasteiger partial charge on any atom is -0.497 e. The Labute approximate surface area is 189 Å². The lowest BCUT2D eigenvalue weighted by molar-refractivity contribution is -0.112. The van der Waals surface area contributed by atoms with Gasteiger partial charge in [0.2, 0.25) is 6.29 Å². The van der Waals surface area contributed by atoms with Gasteiger partial charge in [-0.25, -0.2) is 4.39 Å². The number of ether oxygens (including phenoxy) is 3. The highest BCUT2D eigenvalue weighted by molar-refractivity contribution is 7.98. The van der Waals surface area contributed by atoms with Gasteiger partial charge in [0.1, 0.15) is 23.6 Å². The number of hydrogen-bond donors (Lipinski definition) is 0. The minimum atomic E-state index is -0.529. The Morgan fingerprint density at radius 3 is 2.84 bits per heavy atom. The molecule has 0 saturated heterocycles. The van der Waals surface area contributed by atoms with Crippen molar-refractivity contribution < 1.29 is 18.6 Å². The Kier molecular flexibility index (Phi) is 5.79. The zero-order valence-electron chi connectivity index (χ0n) is 17.3. The van der Waals surface area contributed by atoms with Crippen LogP contribution in [0.5, 0.6) is 11.5 Å². The van der Waals surface area contributed by atoms with Crippen LogP contribution in [0.2, 0.25) is 0 Å². The molecule has 1 unspecified atom stereocenters. The summed E-state index contributed by atoms with van der Waals surface area (Å²) in [7, 11) is 1.63. The number of benzene rings is 3. The highest BCUT2D eigenvalue weighted by Gasteiger charge is 2.25. The molecule has 0 radical (unpaired) electrons. The highest BCUT2D eigenvalue weighted by Crippen LogP contribution is 2.39. The number of rotatable bonds is 6. The molecule has 8 heteroatoms. The van der Waals surface area contributed by atoms with Crippen LogP contribution in [0.3, 0.4) is 0 Å². The molecule has 4 aromatic rings. The van der Waals surface area contributed by atoms with Gasteiger partial charge in [-0.1, -0.05) is 48.2 Å². The molecule has 0 bridgehead atoms. The van der Waals surface area contributed by atoms with E-state index in [1.807, 2.05) is 59.2 Å². The lowest BCUT2D eigenvalue weighted by Crippen LogP contribution is -2.19. The highest BCUT2D eigenvalue weighted by atomic mass is 32.2. The lowest BCUT2D eigenvalue weighted by atomic mass is 10.1. The summed E-state index contributed by atoms with van der Waals surface area (Å²) < 4.78 is 33.5. The molecule has 0 aliphatic carbocycles. The van der Waals surface area contributed by atoms with Crippen LogP contribution in [-0.4, -0.2) is 21.9 Å². The van der Waals surface area contributed by atoms with Gasteiger partial charge in [0.25, 0.3) is 0 Å². The molecule has 3 aromatic carbocycles. The monoisotopic (exact) mass is 449 g/mol. The summed E-state index contributed by atoms with van der Waals surface area (Å²) in [6, 6.07) is 20.3. The Balaban J connectivity index is 1.40. The van der Waals surface area contributed by atoms with Crippen LogP contribution in [0.15, 0.2) is 78.2 Å². The topological polar surface area (TPSA) is 58.4 Å². The molecular weight excluding hydrogens is 429 g/mol. The van der Waals surface area contributed by atoms with Gasteiger partial charge in [-0.15, -0.1) is 10.2 Å². The van der Waals surface area contributed by atoms with Crippen LogP contribution >= 0.6 is 11.8 Å². The number of hydrogen-bond acceptors (Lipinski definition) is 6. The summed E-state index contributed by atoms with van der Waals surface area (Å²) in [4.78, 5) is 0. The molecule has 5 rings (SSSR count). The average Bonchev–Trinajstić information content (AvgIpc) is 3.31. The van der Waals surface area contributed by atoms with Crippen molar-refractivity contribution in [3.05, 3.63) is 95.6 Å². The first-order chi connectivity index (χ1) is 15.7. The lowest BCUT2D eigenvalue weighted by Gasteiger charge is -2.28. The number of aromatic nitrogens is 3. The second-order valence-electron chi connectivity index (χ2n) is 7.20. The SMILES string of the molecule is COc1cccc(-n2cnnc2SCc2cc(F)cc3c2OC(c2ccccc2)OC3)c1. The van der Waals surface area contributed by atoms with E-state index in [2.05, 4.69) is 10.2 Å². The Hall–Kier alpha value is -3.36. The summed E-state index contributed by atoms with van der Waals surface area (Å²) in [5, 5.41) is 8.97. The van der Waals surface area contributed by atoms with Crippen molar-refractivity contribution >= 4 is 11.8 Å². The predicted molar refractivity (Wildman–Crippen MR) is 118 cm³/mol. The summed E-state index contributed by atoms with van der Waals surface area (Å²) >= 11 is 1.45. The van der Waals surface area contributed by atoms with E-state index in [0.717, 1.165) is 22.6 Å². The summed E-state index contributed by atoms with van der Waals surface area (Å²) in [5.41, 5.74) is 3.24. The van der Waals surface area contributed by atoms with E-state index >= 15 is 0 Å². The molecular formula is C24H20FN3O3S. The maximum absolute atomic E-state index is 14.3. The molecule has 0 amide bonds. The van der Waals surface area contributed by atoms with E-state index in [9.17, 15) is 4.39 Å². The summed E-state index contributed by atoms with van der Waals surface area (Å²) in [6.45, 7) is 0.282. The van der Waals surface area contributed by atoms with Crippen molar-refractivity contribution in [3.63, 3.8) is 0 Å². The summed E-state index contributed by atoms with van der Waals surface area (Å²) in [6.07, 6.45) is 1.12. The third-order valence-corrected chi connectivity index (χ3v) is 6.09. The summed E-state index contributed by atoms with van der Waals surface area (Å²) in [5.74, 6) is 1.54. The molecule has 6 nitrogen and oxygen atoms in total. The Bertz CT molecular complexity index is 1230. The molecule has 0 fully saturated rings. The van der Waals surface area contributed by atoms with Crippen molar-refractivity contribution in [3.8, 4) is 17.2 Å². The number of methoxy groups -OCH3 is 1. The largest absolute Gasteiger partial charge is 0.497 e. The van der Waals surface area contributed by atoms with E-state index in [-0.39, 0.29) is 12.4 Å². The zero-order chi connectivity index (χ0) is 21.9. The van der Waals surface area contributed by atoms with Gasteiger partial charge in [-0.05, 0) is 24.3 Å². The maximum Gasteiger partial charge on any atom is 0.227 e. The standard InChI is InChI=1S/C24H20FN3O3S/c1-29-21-9-5-8-20(12-21)28-15-26-27-24(28)32-14-18-11-19(25)10-17-13-30-23(31-22(17)18)16-6-3-2-4-7-16/h2-12,15,23H,13-14H2,1H3. The van der Waals surface area contributed by atoms with Crippen molar-refractivity contribution in [2.75, 3.05) is 7.11 Å². The molecule has 2 heterocycles. The molecule has 1 aliphatic rings. The predicted octanol–water partition coefficient (Wildman–Crippen LogP) is 5.32. The van der Waals surface area contributed by atoms with Gasteiger partial charge in [-0.2, -0.15) is 0 Å². The Morgan fingerprint density at radius 2 is 2.00 bits per heavy atom. The fourth-order valence-electron chi connectivity index (χ4n) is 3.56. The quantitative estimate of drug-likeness (QED) is 0.372. The van der Waals surface area contributed by atoms with Gasteiger partial charge in [0, 0.05) is 28.5 Å². The van der Waals surface area contributed by atoms with Crippen LogP contribution in [0.25, 0.3) is 5.69 Å². The van der Waals surface area contributed by atoms with Crippen molar-refractivity contribution in [2.45, 2.75) is 23.8 Å². The number of fused-ring (bicyclic) bond motifs is 1. The molecule has 1 aromatic heterocycles.